The van der Waals surface area contributed by atoms with Crippen LogP contribution in [0.5, 0.6) is 0 Å². The third-order valence-electron chi connectivity index (χ3n) is 3.31. The second-order valence-corrected chi connectivity index (χ2v) is 4.80. The first-order valence-corrected chi connectivity index (χ1v) is 5.71. The lowest BCUT2D eigenvalue weighted by Crippen LogP contribution is -2.45. The van der Waals surface area contributed by atoms with Gasteiger partial charge in [0.25, 0.3) is 0 Å². The Morgan fingerprint density at radius 3 is 2.44 bits per heavy atom. The highest BCUT2D eigenvalue weighted by atomic mass is 16.4. The van der Waals surface area contributed by atoms with Crippen LogP contribution >= 0.6 is 0 Å². The van der Waals surface area contributed by atoms with Gasteiger partial charge in [0.2, 0.25) is 0 Å². The highest BCUT2D eigenvalue weighted by Crippen LogP contribution is 2.32. The Bertz CT molecular complexity index is 236. The van der Waals surface area contributed by atoms with E-state index in [9.17, 15) is 9.90 Å². The van der Waals surface area contributed by atoms with Crippen molar-refractivity contribution >= 4 is 5.97 Å². The summed E-state index contributed by atoms with van der Waals surface area (Å²) in [6, 6.07) is 0. The predicted molar refractivity (Wildman–Crippen MR) is 59.1 cm³/mol. The van der Waals surface area contributed by atoms with E-state index in [4.69, 9.17) is 10.2 Å². The standard InChI is InChI=1S/C11H21NO4/c1-12(6-7-13)8-11(16)4-2-9(3-5-11)10(14)15/h9,13,16H,2-8H2,1H3,(H,14,15). The number of carboxylic acid groups (broad SMARTS) is 1. The van der Waals surface area contributed by atoms with E-state index in [1.54, 1.807) is 0 Å². The molecule has 0 aliphatic heterocycles. The molecule has 0 radical (unpaired) electrons. The van der Waals surface area contributed by atoms with E-state index in [-0.39, 0.29) is 12.5 Å². The molecule has 0 aromatic rings. The molecule has 1 fully saturated rings. The van der Waals surface area contributed by atoms with E-state index < -0.39 is 11.6 Å². The minimum absolute atomic E-state index is 0.0737. The number of aliphatic hydroxyl groups excluding tert-OH is 1. The molecule has 5 heteroatoms. The van der Waals surface area contributed by atoms with E-state index in [0.717, 1.165) is 0 Å². The molecule has 3 N–H and O–H groups in total. The van der Waals surface area contributed by atoms with Crippen LogP contribution in [0.3, 0.4) is 0 Å². The van der Waals surface area contributed by atoms with Gasteiger partial charge in [-0.25, -0.2) is 0 Å². The molecule has 94 valence electrons. The van der Waals surface area contributed by atoms with Gasteiger partial charge in [-0.05, 0) is 32.7 Å². The average Bonchev–Trinajstić information content (AvgIpc) is 2.17. The van der Waals surface area contributed by atoms with Gasteiger partial charge < -0.3 is 20.2 Å². The molecule has 5 nitrogen and oxygen atoms in total. The summed E-state index contributed by atoms with van der Waals surface area (Å²) < 4.78 is 0. The maximum Gasteiger partial charge on any atom is 0.306 e. The van der Waals surface area contributed by atoms with Crippen LogP contribution in [0.25, 0.3) is 0 Å². The summed E-state index contributed by atoms with van der Waals surface area (Å²) in [6.07, 6.45) is 2.14. The molecule has 0 aromatic carbocycles. The van der Waals surface area contributed by atoms with Gasteiger partial charge in [0.1, 0.15) is 0 Å². The molecule has 0 atom stereocenters. The van der Waals surface area contributed by atoms with Gasteiger partial charge in [-0.2, -0.15) is 0 Å². The zero-order valence-electron chi connectivity index (χ0n) is 9.72. The van der Waals surface area contributed by atoms with Crippen LogP contribution in [0.2, 0.25) is 0 Å². The number of carboxylic acids is 1. The van der Waals surface area contributed by atoms with Crippen molar-refractivity contribution in [2.75, 3.05) is 26.7 Å². The Labute approximate surface area is 95.7 Å². The zero-order chi connectivity index (χ0) is 12.2. The van der Waals surface area contributed by atoms with Gasteiger partial charge in [0.15, 0.2) is 0 Å². The van der Waals surface area contributed by atoms with E-state index in [2.05, 4.69) is 0 Å². The van der Waals surface area contributed by atoms with E-state index >= 15 is 0 Å². The molecule has 16 heavy (non-hydrogen) atoms. The van der Waals surface area contributed by atoms with E-state index in [0.29, 0.717) is 38.8 Å². The van der Waals surface area contributed by atoms with Crippen LogP contribution in [0.1, 0.15) is 25.7 Å². The molecule has 0 saturated heterocycles. The van der Waals surface area contributed by atoms with Gasteiger partial charge >= 0.3 is 5.97 Å². The van der Waals surface area contributed by atoms with Crippen molar-refractivity contribution in [3.8, 4) is 0 Å². The lowest BCUT2D eigenvalue weighted by Gasteiger charge is -2.37. The van der Waals surface area contributed by atoms with Crippen LogP contribution in [0.4, 0.5) is 0 Å². The lowest BCUT2D eigenvalue weighted by molar-refractivity contribution is -0.145. The fourth-order valence-corrected chi connectivity index (χ4v) is 2.31. The molecule has 0 amide bonds. The van der Waals surface area contributed by atoms with Crippen LogP contribution < -0.4 is 0 Å². The molecule has 1 aliphatic rings. The maximum atomic E-state index is 10.8. The Morgan fingerprint density at radius 1 is 1.44 bits per heavy atom. The summed E-state index contributed by atoms with van der Waals surface area (Å²) in [4.78, 5) is 12.6. The average molecular weight is 231 g/mol. The van der Waals surface area contributed by atoms with Crippen molar-refractivity contribution in [1.29, 1.82) is 0 Å². The quantitative estimate of drug-likeness (QED) is 0.616. The zero-order valence-corrected chi connectivity index (χ0v) is 9.72. The molecule has 1 aliphatic carbocycles. The fraction of sp³-hybridized carbons (Fsp3) is 0.909. The van der Waals surface area contributed by atoms with Crippen molar-refractivity contribution in [1.82, 2.24) is 4.90 Å². The normalized spacial score (nSPS) is 30.6. The summed E-state index contributed by atoms with van der Waals surface area (Å²) in [5, 5.41) is 27.9. The highest BCUT2D eigenvalue weighted by Gasteiger charge is 2.36. The molecule has 0 aromatic heterocycles. The Hall–Kier alpha value is -0.650. The van der Waals surface area contributed by atoms with Crippen molar-refractivity contribution in [2.24, 2.45) is 5.92 Å². The summed E-state index contributed by atoms with van der Waals surface area (Å²) in [5.74, 6) is -1.06. The lowest BCUT2D eigenvalue weighted by atomic mass is 9.78. The molecular formula is C11H21NO4. The first-order valence-electron chi connectivity index (χ1n) is 5.71. The third kappa shape index (κ3) is 3.73. The number of hydrogen-bond donors (Lipinski definition) is 3. The first-order chi connectivity index (χ1) is 7.47. The third-order valence-corrected chi connectivity index (χ3v) is 3.31. The van der Waals surface area contributed by atoms with Gasteiger partial charge in [-0.1, -0.05) is 0 Å². The van der Waals surface area contributed by atoms with Crippen molar-refractivity contribution in [3.63, 3.8) is 0 Å². The number of hydrogen-bond acceptors (Lipinski definition) is 4. The minimum Gasteiger partial charge on any atom is -0.481 e. The minimum atomic E-state index is -0.782. The molecule has 0 spiro atoms. The SMILES string of the molecule is CN(CCO)CC1(O)CCC(C(=O)O)CC1. The Kier molecular flexibility index (Phi) is 4.70. The summed E-state index contributed by atoms with van der Waals surface area (Å²) >= 11 is 0. The Morgan fingerprint density at radius 2 is 2.00 bits per heavy atom. The number of likely N-dealkylation sites (N-methyl/N-ethyl adjacent to an activating group) is 1. The maximum absolute atomic E-state index is 10.8. The van der Waals surface area contributed by atoms with Crippen molar-refractivity contribution in [2.45, 2.75) is 31.3 Å². The number of rotatable bonds is 5. The summed E-state index contributed by atoms with van der Waals surface area (Å²) in [6.45, 7) is 1.11. The molecule has 1 saturated carbocycles. The van der Waals surface area contributed by atoms with Crippen molar-refractivity contribution < 1.29 is 20.1 Å². The largest absolute Gasteiger partial charge is 0.481 e. The molecular weight excluding hydrogens is 210 g/mol. The fourth-order valence-electron chi connectivity index (χ4n) is 2.31. The van der Waals surface area contributed by atoms with E-state index in [1.807, 2.05) is 11.9 Å². The predicted octanol–water partition coefficient (Wildman–Crippen LogP) is -0.0836. The van der Waals surface area contributed by atoms with Gasteiger partial charge in [-0.3, -0.25) is 4.79 Å². The summed E-state index contributed by atoms with van der Waals surface area (Å²) in [7, 11) is 1.84. The number of aliphatic hydroxyl groups is 2. The number of nitrogens with zero attached hydrogens (tertiary/aromatic N) is 1. The summed E-state index contributed by atoms with van der Waals surface area (Å²) in [5.41, 5.74) is -0.782. The molecule has 0 heterocycles. The van der Waals surface area contributed by atoms with Gasteiger partial charge in [0.05, 0.1) is 18.1 Å². The van der Waals surface area contributed by atoms with Crippen molar-refractivity contribution in [3.05, 3.63) is 0 Å². The Balaban J connectivity index is 2.40. The molecule has 1 rings (SSSR count). The van der Waals surface area contributed by atoms with E-state index in [1.165, 1.54) is 0 Å². The smallest absolute Gasteiger partial charge is 0.306 e. The second kappa shape index (κ2) is 5.61. The molecule has 0 bridgehead atoms. The van der Waals surface area contributed by atoms with Crippen LogP contribution in [0.15, 0.2) is 0 Å². The highest BCUT2D eigenvalue weighted by molar-refractivity contribution is 5.70. The van der Waals surface area contributed by atoms with Crippen LogP contribution in [0, 0.1) is 5.92 Å². The molecule has 0 unspecified atom stereocenters. The number of aliphatic carboxylic acids is 1. The second-order valence-electron chi connectivity index (χ2n) is 4.80. The van der Waals surface area contributed by atoms with Crippen LogP contribution in [-0.2, 0) is 4.79 Å². The first kappa shape index (κ1) is 13.4. The van der Waals surface area contributed by atoms with Gasteiger partial charge in [0, 0.05) is 13.1 Å². The van der Waals surface area contributed by atoms with Gasteiger partial charge in [-0.15, -0.1) is 0 Å². The monoisotopic (exact) mass is 231 g/mol. The van der Waals surface area contributed by atoms with Crippen LogP contribution in [-0.4, -0.2) is 58.5 Å². The topological polar surface area (TPSA) is 81.0 Å². The number of carbonyl (C=O) groups is 1.